The fourth-order valence-corrected chi connectivity index (χ4v) is 2.78. The van der Waals surface area contributed by atoms with Crippen LogP contribution in [0.1, 0.15) is 16.7 Å². The topological polar surface area (TPSA) is 48.1 Å². The summed E-state index contributed by atoms with van der Waals surface area (Å²) >= 11 is 3.52. The zero-order valence-corrected chi connectivity index (χ0v) is 13.2. The van der Waals surface area contributed by atoms with Crippen molar-refractivity contribution in [2.24, 2.45) is 5.73 Å². The molecule has 0 aliphatic rings. The summed E-state index contributed by atoms with van der Waals surface area (Å²) in [5.41, 5.74) is 9.14. The number of nitrogens with zero attached hydrogens (tertiary/aromatic N) is 1. The Morgan fingerprint density at radius 1 is 1.30 bits per heavy atom. The monoisotopic (exact) mass is 334 g/mol. The number of hydrogen-bond donors (Lipinski definition) is 1. The second kappa shape index (κ2) is 7.41. The summed E-state index contributed by atoms with van der Waals surface area (Å²) in [5, 5.41) is 0. The quantitative estimate of drug-likeness (QED) is 0.881. The molecule has 4 heteroatoms. The van der Waals surface area contributed by atoms with Gasteiger partial charge in [-0.25, -0.2) is 0 Å². The number of hydrogen-bond acceptors (Lipinski definition) is 3. The van der Waals surface area contributed by atoms with Gasteiger partial charge in [-0.1, -0.05) is 22.0 Å². The molecule has 0 atom stereocenters. The zero-order valence-electron chi connectivity index (χ0n) is 11.6. The second-order valence-electron chi connectivity index (χ2n) is 4.71. The van der Waals surface area contributed by atoms with Gasteiger partial charge in [-0.3, -0.25) is 4.98 Å². The maximum Gasteiger partial charge on any atom is 0.125 e. The van der Waals surface area contributed by atoms with E-state index in [2.05, 4.69) is 46.0 Å². The number of nitrogens with two attached hydrogens (primary N) is 1. The minimum absolute atomic E-state index is 0.620. The average Bonchev–Trinajstić information content (AvgIpc) is 2.43. The Labute approximate surface area is 128 Å². The van der Waals surface area contributed by atoms with Crippen molar-refractivity contribution in [2.75, 3.05) is 13.2 Å². The van der Waals surface area contributed by atoms with Gasteiger partial charge in [0.1, 0.15) is 5.75 Å². The number of rotatable bonds is 6. The van der Waals surface area contributed by atoms with E-state index in [-0.39, 0.29) is 0 Å². The standard InChI is InChI=1S/C16H19BrN2O/c1-12-9-15(17)10-14(4-6-18)16(12)20-8-5-13-3-2-7-19-11-13/h2-3,7,9-11H,4-6,8,18H2,1H3. The van der Waals surface area contributed by atoms with Crippen LogP contribution < -0.4 is 10.5 Å². The van der Waals surface area contributed by atoms with Crippen molar-refractivity contribution in [3.05, 3.63) is 57.8 Å². The molecule has 0 spiro atoms. The SMILES string of the molecule is Cc1cc(Br)cc(CCN)c1OCCc1cccnc1. The molecular weight excluding hydrogens is 316 g/mol. The van der Waals surface area contributed by atoms with Gasteiger partial charge in [0, 0.05) is 23.3 Å². The summed E-state index contributed by atoms with van der Waals surface area (Å²) in [6, 6.07) is 8.16. The molecule has 1 aromatic carbocycles. The number of aromatic nitrogens is 1. The largest absolute Gasteiger partial charge is 0.493 e. The fourth-order valence-electron chi connectivity index (χ4n) is 2.16. The lowest BCUT2D eigenvalue weighted by atomic mass is 10.1. The molecule has 0 unspecified atom stereocenters. The first-order valence-corrected chi connectivity index (χ1v) is 7.51. The average molecular weight is 335 g/mol. The van der Waals surface area contributed by atoms with E-state index in [1.807, 2.05) is 12.3 Å². The molecule has 0 aliphatic heterocycles. The Bertz CT molecular complexity index is 558. The number of aryl methyl sites for hydroxylation is 1. The molecule has 2 N–H and O–H groups in total. The van der Waals surface area contributed by atoms with Crippen molar-refractivity contribution in [2.45, 2.75) is 19.8 Å². The molecule has 2 rings (SSSR count). The van der Waals surface area contributed by atoms with E-state index in [1.165, 1.54) is 5.56 Å². The highest BCUT2D eigenvalue weighted by molar-refractivity contribution is 9.10. The lowest BCUT2D eigenvalue weighted by Crippen LogP contribution is -2.08. The first-order chi connectivity index (χ1) is 9.70. The summed E-state index contributed by atoms with van der Waals surface area (Å²) < 4.78 is 7.04. The van der Waals surface area contributed by atoms with Crippen LogP contribution in [-0.2, 0) is 12.8 Å². The maximum absolute atomic E-state index is 5.98. The molecule has 0 amide bonds. The van der Waals surface area contributed by atoms with Crippen LogP contribution in [0, 0.1) is 6.92 Å². The Hall–Kier alpha value is -1.39. The molecule has 0 bridgehead atoms. The van der Waals surface area contributed by atoms with Gasteiger partial charge < -0.3 is 10.5 Å². The van der Waals surface area contributed by atoms with Gasteiger partial charge in [-0.2, -0.15) is 0 Å². The third-order valence-corrected chi connectivity index (χ3v) is 3.55. The van der Waals surface area contributed by atoms with Crippen LogP contribution in [-0.4, -0.2) is 18.1 Å². The van der Waals surface area contributed by atoms with Gasteiger partial charge in [-0.05, 0) is 54.8 Å². The van der Waals surface area contributed by atoms with Crippen LogP contribution in [0.25, 0.3) is 0 Å². The molecule has 0 aliphatic carbocycles. The molecule has 2 aromatic rings. The Morgan fingerprint density at radius 3 is 2.85 bits per heavy atom. The van der Waals surface area contributed by atoms with Crippen LogP contribution in [0.3, 0.4) is 0 Å². The molecule has 0 saturated heterocycles. The van der Waals surface area contributed by atoms with Gasteiger partial charge in [0.25, 0.3) is 0 Å². The number of pyridine rings is 1. The van der Waals surface area contributed by atoms with Crippen molar-refractivity contribution in [1.82, 2.24) is 4.98 Å². The van der Waals surface area contributed by atoms with E-state index in [0.29, 0.717) is 13.2 Å². The summed E-state index contributed by atoms with van der Waals surface area (Å²) in [6.07, 6.45) is 5.33. The predicted molar refractivity (Wildman–Crippen MR) is 85.1 cm³/mol. The van der Waals surface area contributed by atoms with Crippen molar-refractivity contribution >= 4 is 15.9 Å². The molecule has 1 heterocycles. The van der Waals surface area contributed by atoms with E-state index < -0.39 is 0 Å². The lowest BCUT2D eigenvalue weighted by Gasteiger charge is -2.14. The third-order valence-electron chi connectivity index (χ3n) is 3.09. The van der Waals surface area contributed by atoms with Crippen LogP contribution in [0.15, 0.2) is 41.1 Å². The number of benzene rings is 1. The van der Waals surface area contributed by atoms with Crippen LogP contribution in [0.4, 0.5) is 0 Å². The number of ether oxygens (including phenoxy) is 1. The van der Waals surface area contributed by atoms with E-state index in [9.17, 15) is 0 Å². The molecule has 0 saturated carbocycles. The van der Waals surface area contributed by atoms with Gasteiger partial charge in [0.15, 0.2) is 0 Å². The van der Waals surface area contributed by atoms with Crippen molar-refractivity contribution in [1.29, 1.82) is 0 Å². The van der Waals surface area contributed by atoms with Crippen molar-refractivity contribution in [3.8, 4) is 5.75 Å². The van der Waals surface area contributed by atoms with Gasteiger partial charge in [0.05, 0.1) is 6.61 Å². The Kier molecular flexibility index (Phi) is 5.56. The normalized spacial score (nSPS) is 10.6. The minimum atomic E-state index is 0.620. The zero-order chi connectivity index (χ0) is 14.4. The summed E-state index contributed by atoms with van der Waals surface area (Å²) in [7, 11) is 0. The predicted octanol–water partition coefficient (Wildman–Crippen LogP) is 3.28. The highest BCUT2D eigenvalue weighted by atomic mass is 79.9. The molecule has 106 valence electrons. The smallest absolute Gasteiger partial charge is 0.125 e. The first kappa shape index (κ1) is 15.0. The second-order valence-corrected chi connectivity index (χ2v) is 5.63. The highest BCUT2D eigenvalue weighted by Crippen LogP contribution is 2.28. The Morgan fingerprint density at radius 2 is 2.15 bits per heavy atom. The summed E-state index contributed by atoms with van der Waals surface area (Å²) in [5.74, 6) is 0.961. The fraction of sp³-hybridized carbons (Fsp3) is 0.312. The van der Waals surface area contributed by atoms with Crippen LogP contribution >= 0.6 is 15.9 Å². The third kappa shape index (κ3) is 4.05. The Balaban J connectivity index is 2.05. The molecule has 20 heavy (non-hydrogen) atoms. The molecule has 3 nitrogen and oxygen atoms in total. The van der Waals surface area contributed by atoms with E-state index in [4.69, 9.17) is 10.5 Å². The van der Waals surface area contributed by atoms with Gasteiger partial charge in [-0.15, -0.1) is 0 Å². The van der Waals surface area contributed by atoms with E-state index >= 15 is 0 Å². The van der Waals surface area contributed by atoms with Crippen LogP contribution in [0.2, 0.25) is 0 Å². The maximum atomic E-state index is 5.98. The van der Waals surface area contributed by atoms with Gasteiger partial charge in [0.2, 0.25) is 0 Å². The lowest BCUT2D eigenvalue weighted by molar-refractivity contribution is 0.316. The summed E-state index contributed by atoms with van der Waals surface area (Å²) in [6.45, 7) is 3.32. The van der Waals surface area contributed by atoms with Crippen molar-refractivity contribution in [3.63, 3.8) is 0 Å². The van der Waals surface area contributed by atoms with Gasteiger partial charge >= 0.3 is 0 Å². The van der Waals surface area contributed by atoms with Crippen molar-refractivity contribution < 1.29 is 4.74 Å². The molecular formula is C16H19BrN2O. The molecule has 1 aromatic heterocycles. The first-order valence-electron chi connectivity index (χ1n) is 6.71. The summed E-state index contributed by atoms with van der Waals surface area (Å²) in [4.78, 5) is 4.11. The van der Waals surface area contributed by atoms with E-state index in [0.717, 1.165) is 34.2 Å². The minimum Gasteiger partial charge on any atom is -0.493 e. The van der Waals surface area contributed by atoms with E-state index in [1.54, 1.807) is 6.20 Å². The highest BCUT2D eigenvalue weighted by Gasteiger charge is 2.08. The molecule has 0 radical (unpaired) electrons. The molecule has 0 fully saturated rings. The van der Waals surface area contributed by atoms with Crippen LogP contribution in [0.5, 0.6) is 5.75 Å². The number of halogens is 1.